The summed E-state index contributed by atoms with van der Waals surface area (Å²) in [5.41, 5.74) is 2.29. The minimum Gasteiger partial charge on any atom is -0.309 e. The highest BCUT2D eigenvalue weighted by Crippen LogP contribution is 2.18. The lowest BCUT2D eigenvalue weighted by Gasteiger charge is -2.17. The Balaban J connectivity index is 2.16. The largest absolute Gasteiger partial charge is 0.309 e. The van der Waals surface area contributed by atoms with E-state index in [0.717, 1.165) is 23.7 Å². The third-order valence-corrected chi connectivity index (χ3v) is 3.06. The van der Waals surface area contributed by atoms with Gasteiger partial charge in [-0.3, -0.25) is 4.98 Å². The SMILES string of the molecule is CCNC(Cc1cccc(Cl)c1)c1ccccn1. The molecule has 0 saturated carbocycles. The lowest BCUT2D eigenvalue weighted by Crippen LogP contribution is -2.23. The number of benzene rings is 1. The molecular formula is C15H17ClN2. The topological polar surface area (TPSA) is 24.9 Å². The van der Waals surface area contributed by atoms with Gasteiger partial charge in [0, 0.05) is 11.2 Å². The van der Waals surface area contributed by atoms with Crippen molar-refractivity contribution in [1.29, 1.82) is 0 Å². The minimum atomic E-state index is 0.231. The Kier molecular flexibility index (Phi) is 4.73. The van der Waals surface area contributed by atoms with Gasteiger partial charge in [0.1, 0.15) is 0 Å². The van der Waals surface area contributed by atoms with E-state index in [0.29, 0.717) is 0 Å². The fraction of sp³-hybridized carbons (Fsp3) is 0.267. The predicted octanol–water partition coefficient (Wildman–Crippen LogP) is 3.63. The molecule has 1 unspecified atom stereocenters. The molecule has 0 aliphatic heterocycles. The van der Waals surface area contributed by atoms with Crippen molar-refractivity contribution in [2.24, 2.45) is 0 Å². The Hall–Kier alpha value is -1.38. The molecule has 0 aliphatic rings. The fourth-order valence-electron chi connectivity index (χ4n) is 2.01. The zero-order chi connectivity index (χ0) is 12.8. The molecule has 2 rings (SSSR count). The maximum Gasteiger partial charge on any atom is 0.0576 e. The van der Waals surface area contributed by atoms with E-state index in [-0.39, 0.29) is 6.04 Å². The van der Waals surface area contributed by atoms with Crippen LogP contribution in [0, 0.1) is 0 Å². The van der Waals surface area contributed by atoms with Crippen molar-refractivity contribution in [1.82, 2.24) is 10.3 Å². The van der Waals surface area contributed by atoms with Crippen molar-refractivity contribution in [3.05, 3.63) is 64.9 Å². The van der Waals surface area contributed by atoms with Crippen LogP contribution in [0.2, 0.25) is 5.02 Å². The van der Waals surface area contributed by atoms with Crippen LogP contribution in [-0.2, 0) is 6.42 Å². The summed E-state index contributed by atoms with van der Waals surface area (Å²) < 4.78 is 0. The van der Waals surface area contributed by atoms with Gasteiger partial charge in [-0.25, -0.2) is 0 Å². The van der Waals surface area contributed by atoms with Crippen LogP contribution in [0.25, 0.3) is 0 Å². The Bertz CT molecular complexity index is 485. The smallest absolute Gasteiger partial charge is 0.0576 e. The molecule has 1 aromatic heterocycles. The number of nitrogens with one attached hydrogen (secondary N) is 1. The molecule has 1 N–H and O–H groups in total. The average Bonchev–Trinajstić information content (AvgIpc) is 2.39. The number of hydrogen-bond acceptors (Lipinski definition) is 2. The Morgan fingerprint density at radius 2 is 2.11 bits per heavy atom. The van der Waals surface area contributed by atoms with Crippen molar-refractivity contribution in [2.75, 3.05) is 6.54 Å². The van der Waals surface area contributed by atoms with E-state index in [1.54, 1.807) is 0 Å². The first-order chi connectivity index (χ1) is 8.79. The van der Waals surface area contributed by atoms with Gasteiger partial charge in [-0.1, -0.05) is 36.7 Å². The number of likely N-dealkylation sites (N-methyl/N-ethyl adjacent to an activating group) is 1. The van der Waals surface area contributed by atoms with Gasteiger partial charge in [-0.05, 0) is 42.8 Å². The van der Waals surface area contributed by atoms with Gasteiger partial charge in [-0.2, -0.15) is 0 Å². The van der Waals surface area contributed by atoms with Crippen LogP contribution in [0.1, 0.15) is 24.2 Å². The van der Waals surface area contributed by atoms with Gasteiger partial charge in [0.05, 0.1) is 11.7 Å². The molecule has 0 saturated heterocycles. The first-order valence-corrected chi connectivity index (χ1v) is 6.56. The van der Waals surface area contributed by atoms with Gasteiger partial charge in [-0.15, -0.1) is 0 Å². The monoisotopic (exact) mass is 260 g/mol. The summed E-state index contributed by atoms with van der Waals surface area (Å²) in [5, 5.41) is 4.24. The molecule has 94 valence electrons. The molecule has 2 aromatic rings. The molecule has 0 bridgehead atoms. The van der Waals surface area contributed by atoms with Crippen LogP contribution in [-0.4, -0.2) is 11.5 Å². The standard InChI is InChI=1S/C15H17ClN2/c1-2-17-15(14-8-3-4-9-18-14)11-12-6-5-7-13(16)10-12/h3-10,15,17H,2,11H2,1H3. The second-order valence-electron chi connectivity index (χ2n) is 4.20. The summed E-state index contributed by atoms with van der Waals surface area (Å²) in [6.07, 6.45) is 2.73. The molecule has 0 spiro atoms. The van der Waals surface area contributed by atoms with Crippen LogP contribution in [0.15, 0.2) is 48.7 Å². The third-order valence-electron chi connectivity index (χ3n) is 2.82. The van der Waals surface area contributed by atoms with Crippen molar-refractivity contribution in [2.45, 2.75) is 19.4 Å². The zero-order valence-electron chi connectivity index (χ0n) is 10.4. The van der Waals surface area contributed by atoms with Crippen LogP contribution in [0.5, 0.6) is 0 Å². The van der Waals surface area contributed by atoms with Crippen LogP contribution in [0.3, 0.4) is 0 Å². The maximum absolute atomic E-state index is 6.02. The number of rotatable bonds is 5. The summed E-state index contributed by atoms with van der Waals surface area (Å²) in [7, 11) is 0. The Morgan fingerprint density at radius 3 is 2.78 bits per heavy atom. The zero-order valence-corrected chi connectivity index (χ0v) is 11.2. The van der Waals surface area contributed by atoms with Crippen LogP contribution in [0.4, 0.5) is 0 Å². The van der Waals surface area contributed by atoms with Crippen molar-refractivity contribution >= 4 is 11.6 Å². The van der Waals surface area contributed by atoms with E-state index < -0.39 is 0 Å². The lowest BCUT2D eigenvalue weighted by molar-refractivity contribution is 0.537. The number of nitrogens with zero attached hydrogens (tertiary/aromatic N) is 1. The predicted molar refractivity (Wildman–Crippen MR) is 75.8 cm³/mol. The summed E-state index contributed by atoms with van der Waals surface area (Å²) in [6, 6.07) is 14.2. The summed E-state index contributed by atoms with van der Waals surface area (Å²) >= 11 is 6.02. The number of pyridine rings is 1. The fourth-order valence-corrected chi connectivity index (χ4v) is 2.22. The average molecular weight is 261 g/mol. The number of aromatic nitrogens is 1. The van der Waals surface area contributed by atoms with Gasteiger partial charge in [0.15, 0.2) is 0 Å². The first kappa shape index (κ1) is 13.1. The highest BCUT2D eigenvalue weighted by atomic mass is 35.5. The maximum atomic E-state index is 6.02. The molecule has 0 fully saturated rings. The Morgan fingerprint density at radius 1 is 1.22 bits per heavy atom. The lowest BCUT2D eigenvalue weighted by atomic mass is 10.0. The van der Waals surface area contributed by atoms with E-state index in [9.17, 15) is 0 Å². The third kappa shape index (κ3) is 3.56. The van der Waals surface area contributed by atoms with E-state index in [4.69, 9.17) is 11.6 Å². The van der Waals surface area contributed by atoms with Gasteiger partial charge >= 0.3 is 0 Å². The van der Waals surface area contributed by atoms with E-state index in [2.05, 4.69) is 29.4 Å². The number of hydrogen-bond donors (Lipinski definition) is 1. The molecule has 0 aliphatic carbocycles. The second kappa shape index (κ2) is 6.53. The van der Waals surface area contributed by atoms with E-state index in [1.165, 1.54) is 5.56 Å². The highest BCUT2D eigenvalue weighted by molar-refractivity contribution is 6.30. The molecule has 1 heterocycles. The Labute approximate surface area is 113 Å². The second-order valence-corrected chi connectivity index (χ2v) is 4.64. The molecule has 18 heavy (non-hydrogen) atoms. The van der Waals surface area contributed by atoms with E-state index >= 15 is 0 Å². The van der Waals surface area contributed by atoms with Crippen LogP contribution >= 0.6 is 11.6 Å². The molecule has 0 radical (unpaired) electrons. The summed E-state index contributed by atoms with van der Waals surface area (Å²) in [4.78, 5) is 4.42. The minimum absolute atomic E-state index is 0.231. The quantitative estimate of drug-likeness (QED) is 0.888. The van der Waals surface area contributed by atoms with Gasteiger partial charge in [0.25, 0.3) is 0 Å². The first-order valence-electron chi connectivity index (χ1n) is 6.18. The molecule has 1 aromatic carbocycles. The van der Waals surface area contributed by atoms with Crippen molar-refractivity contribution in [3.63, 3.8) is 0 Å². The number of halogens is 1. The summed E-state index contributed by atoms with van der Waals surface area (Å²) in [6.45, 7) is 3.02. The molecular weight excluding hydrogens is 244 g/mol. The highest BCUT2D eigenvalue weighted by Gasteiger charge is 2.12. The molecule has 0 amide bonds. The molecule has 3 heteroatoms. The van der Waals surface area contributed by atoms with Crippen molar-refractivity contribution in [3.8, 4) is 0 Å². The van der Waals surface area contributed by atoms with Gasteiger partial charge in [0.2, 0.25) is 0 Å². The molecule has 2 nitrogen and oxygen atoms in total. The normalized spacial score (nSPS) is 12.3. The summed E-state index contributed by atoms with van der Waals surface area (Å²) in [5.74, 6) is 0. The molecule has 1 atom stereocenters. The van der Waals surface area contributed by atoms with Crippen molar-refractivity contribution < 1.29 is 0 Å². The van der Waals surface area contributed by atoms with Gasteiger partial charge < -0.3 is 5.32 Å². The van der Waals surface area contributed by atoms with Crippen LogP contribution < -0.4 is 5.32 Å². The van der Waals surface area contributed by atoms with E-state index in [1.807, 2.05) is 36.5 Å².